The fraction of sp³-hybridized carbons (Fsp3) is 0.308. The molecule has 4 nitrogen and oxygen atoms in total. The van der Waals surface area contributed by atoms with E-state index >= 15 is 0 Å². The van der Waals surface area contributed by atoms with E-state index in [1.165, 1.54) is 28.7 Å². The Hall–Kier alpha value is -1.05. The highest BCUT2D eigenvalue weighted by molar-refractivity contribution is 8.03. The van der Waals surface area contributed by atoms with Crippen LogP contribution in [-0.4, -0.2) is 21.9 Å². The molecule has 1 amide bonds. The molecule has 0 saturated carbocycles. The van der Waals surface area contributed by atoms with Gasteiger partial charge in [-0.25, -0.2) is 0 Å². The first-order valence-electron chi connectivity index (χ1n) is 6.15. The fourth-order valence-electron chi connectivity index (χ4n) is 1.61. The van der Waals surface area contributed by atoms with Crippen molar-refractivity contribution in [2.75, 3.05) is 5.75 Å². The van der Waals surface area contributed by atoms with E-state index in [1.807, 2.05) is 18.2 Å². The van der Waals surface area contributed by atoms with Crippen LogP contribution in [0.1, 0.15) is 24.2 Å². The average Bonchev–Trinajstić information content (AvgIpc) is 2.91. The van der Waals surface area contributed by atoms with E-state index in [1.54, 1.807) is 11.8 Å². The van der Waals surface area contributed by atoms with Crippen molar-refractivity contribution in [3.8, 4) is 0 Å². The Balaban J connectivity index is 2.00. The molecule has 2 N–H and O–H groups in total. The Morgan fingerprint density at radius 2 is 2.00 bits per heavy atom. The van der Waals surface area contributed by atoms with Gasteiger partial charge in [0, 0.05) is 5.25 Å². The normalized spacial score (nSPS) is 12.2. The molecule has 7 heteroatoms. The van der Waals surface area contributed by atoms with Crippen LogP contribution in [0.25, 0.3) is 0 Å². The van der Waals surface area contributed by atoms with E-state index in [9.17, 15) is 4.79 Å². The molecule has 1 atom stereocenters. The molecule has 0 spiro atoms. The summed E-state index contributed by atoms with van der Waals surface area (Å²) in [5.41, 5.74) is 6.41. The number of hydrogen-bond donors (Lipinski definition) is 1. The molecule has 20 heavy (non-hydrogen) atoms. The number of thioether (sulfide) groups is 2. The number of rotatable bonds is 7. The summed E-state index contributed by atoms with van der Waals surface area (Å²) in [6.07, 6.45) is 1.03. The minimum Gasteiger partial charge on any atom is -0.369 e. The topological polar surface area (TPSA) is 68.9 Å². The lowest BCUT2D eigenvalue weighted by Gasteiger charge is -2.12. The summed E-state index contributed by atoms with van der Waals surface area (Å²) in [6, 6.07) is 10.4. The molecular formula is C13H15N3OS3. The third-order valence-corrected chi connectivity index (χ3v) is 6.10. The minimum absolute atomic E-state index is 0.245. The zero-order chi connectivity index (χ0) is 14.4. The molecule has 0 unspecified atom stereocenters. The lowest BCUT2D eigenvalue weighted by atomic mass is 10.1. The number of nitrogens with zero attached hydrogens (tertiary/aromatic N) is 2. The highest BCUT2D eigenvalue weighted by atomic mass is 32.2. The van der Waals surface area contributed by atoms with Gasteiger partial charge in [0.15, 0.2) is 8.68 Å². The van der Waals surface area contributed by atoms with E-state index in [2.05, 4.69) is 29.3 Å². The lowest BCUT2D eigenvalue weighted by molar-refractivity contribution is -0.115. The third-order valence-electron chi connectivity index (χ3n) is 2.51. The molecule has 0 aliphatic carbocycles. The molecule has 1 heterocycles. The smallest absolute Gasteiger partial charge is 0.227 e. The van der Waals surface area contributed by atoms with Crippen molar-refractivity contribution in [2.45, 2.75) is 27.3 Å². The first-order valence-corrected chi connectivity index (χ1v) is 8.83. The highest BCUT2D eigenvalue weighted by Crippen LogP contribution is 2.40. The summed E-state index contributed by atoms with van der Waals surface area (Å²) in [5, 5.41) is 8.61. The van der Waals surface area contributed by atoms with Gasteiger partial charge in [-0.3, -0.25) is 4.79 Å². The summed E-state index contributed by atoms with van der Waals surface area (Å²) < 4.78 is 1.71. The average molecular weight is 325 g/mol. The first-order chi connectivity index (χ1) is 9.69. The summed E-state index contributed by atoms with van der Waals surface area (Å²) in [6.45, 7) is 2.16. The van der Waals surface area contributed by atoms with E-state index in [4.69, 9.17) is 5.73 Å². The van der Waals surface area contributed by atoms with Gasteiger partial charge >= 0.3 is 0 Å². The number of primary amides is 1. The van der Waals surface area contributed by atoms with E-state index in [-0.39, 0.29) is 11.7 Å². The SMILES string of the molecule is CC[C@@H](Sc1nnc(SCC(N)=O)s1)c1ccccc1. The van der Waals surface area contributed by atoms with Crippen LogP contribution < -0.4 is 5.73 Å². The predicted molar refractivity (Wildman–Crippen MR) is 85.2 cm³/mol. The van der Waals surface area contributed by atoms with Gasteiger partial charge in [0.05, 0.1) is 5.75 Å². The van der Waals surface area contributed by atoms with Crippen molar-refractivity contribution in [2.24, 2.45) is 5.73 Å². The van der Waals surface area contributed by atoms with Gasteiger partial charge < -0.3 is 5.73 Å². The number of nitrogens with two attached hydrogens (primary N) is 1. The Morgan fingerprint density at radius 1 is 1.30 bits per heavy atom. The molecule has 0 aliphatic rings. The van der Waals surface area contributed by atoms with Crippen LogP contribution >= 0.6 is 34.9 Å². The minimum atomic E-state index is -0.338. The number of amides is 1. The second kappa shape index (κ2) is 7.66. The number of carbonyl (C=O) groups is 1. The summed E-state index contributed by atoms with van der Waals surface area (Å²) in [7, 11) is 0. The molecule has 2 rings (SSSR count). The van der Waals surface area contributed by atoms with Crippen LogP contribution in [0.2, 0.25) is 0 Å². The molecule has 1 aromatic carbocycles. The molecule has 0 saturated heterocycles. The highest BCUT2D eigenvalue weighted by Gasteiger charge is 2.14. The van der Waals surface area contributed by atoms with Crippen molar-refractivity contribution in [1.82, 2.24) is 10.2 Å². The monoisotopic (exact) mass is 325 g/mol. The second-order valence-corrected chi connectivity index (χ2v) is 7.66. The van der Waals surface area contributed by atoms with Gasteiger partial charge in [-0.15, -0.1) is 10.2 Å². The maximum Gasteiger partial charge on any atom is 0.227 e. The summed E-state index contributed by atoms with van der Waals surface area (Å²) in [4.78, 5) is 10.7. The van der Waals surface area contributed by atoms with Gasteiger partial charge in [-0.1, -0.05) is 72.1 Å². The van der Waals surface area contributed by atoms with Gasteiger partial charge in [0.2, 0.25) is 5.91 Å². The molecule has 106 valence electrons. The second-order valence-electron chi connectivity index (χ2n) is 4.01. The largest absolute Gasteiger partial charge is 0.369 e. The predicted octanol–water partition coefficient (Wildman–Crippen LogP) is 3.36. The third kappa shape index (κ3) is 4.50. The van der Waals surface area contributed by atoms with Gasteiger partial charge in [0.25, 0.3) is 0 Å². The van der Waals surface area contributed by atoms with Crippen LogP contribution in [0, 0.1) is 0 Å². The molecule has 0 bridgehead atoms. The number of aromatic nitrogens is 2. The molecule has 0 fully saturated rings. The Morgan fingerprint density at radius 3 is 2.65 bits per heavy atom. The Bertz CT molecular complexity index is 559. The quantitative estimate of drug-likeness (QED) is 0.791. The Labute approximate surface area is 130 Å². The number of benzene rings is 1. The van der Waals surface area contributed by atoms with Crippen molar-refractivity contribution in [1.29, 1.82) is 0 Å². The van der Waals surface area contributed by atoms with Crippen molar-refractivity contribution >= 4 is 40.8 Å². The van der Waals surface area contributed by atoms with Crippen LogP contribution in [0.3, 0.4) is 0 Å². The number of hydrogen-bond acceptors (Lipinski definition) is 6. The lowest BCUT2D eigenvalue weighted by Crippen LogP contribution is -2.12. The van der Waals surface area contributed by atoms with E-state index in [0.717, 1.165) is 15.1 Å². The molecule has 0 aliphatic heterocycles. The molecular weight excluding hydrogens is 310 g/mol. The zero-order valence-electron chi connectivity index (χ0n) is 11.0. The molecule has 1 aromatic heterocycles. The van der Waals surface area contributed by atoms with Crippen molar-refractivity contribution < 1.29 is 4.79 Å². The number of carbonyl (C=O) groups excluding carboxylic acids is 1. The fourth-order valence-corrected chi connectivity index (χ4v) is 4.67. The maximum absolute atomic E-state index is 10.7. The van der Waals surface area contributed by atoms with Crippen LogP contribution in [0.4, 0.5) is 0 Å². The van der Waals surface area contributed by atoms with Crippen molar-refractivity contribution in [3.05, 3.63) is 35.9 Å². The van der Waals surface area contributed by atoms with Gasteiger partial charge in [-0.2, -0.15) is 0 Å². The maximum atomic E-state index is 10.7. The molecule has 0 radical (unpaired) electrons. The zero-order valence-corrected chi connectivity index (χ0v) is 13.4. The molecule has 2 aromatic rings. The first kappa shape index (κ1) is 15.3. The Kier molecular flexibility index (Phi) is 5.87. The van der Waals surface area contributed by atoms with Crippen LogP contribution in [0.5, 0.6) is 0 Å². The summed E-state index contributed by atoms with van der Waals surface area (Å²) >= 11 is 4.56. The van der Waals surface area contributed by atoms with Crippen LogP contribution in [-0.2, 0) is 4.79 Å². The standard InChI is InChI=1S/C13H15N3OS3/c1-2-10(9-6-4-3-5-7-9)19-13-16-15-12(20-13)18-8-11(14)17/h3-7,10H,2,8H2,1H3,(H2,14,17)/t10-/m1/s1. The van der Waals surface area contributed by atoms with Gasteiger partial charge in [0.1, 0.15) is 0 Å². The van der Waals surface area contributed by atoms with Gasteiger partial charge in [-0.05, 0) is 12.0 Å². The van der Waals surface area contributed by atoms with Crippen LogP contribution in [0.15, 0.2) is 39.0 Å². The van der Waals surface area contributed by atoms with Crippen molar-refractivity contribution in [3.63, 3.8) is 0 Å². The summed E-state index contributed by atoms with van der Waals surface area (Å²) in [5.74, 6) is -0.0926. The van der Waals surface area contributed by atoms with E-state index < -0.39 is 0 Å². The van der Waals surface area contributed by atoms with E-state index in [0.29, 0.717) is 5.25 Å².